The van der Waals surface area contributed by atoms with Crippen LogP contribution in [-0.4, -0.2) is 6.54 Å². The number of nitrogens with two attached hydrogens (primary N) is 1. The summed E-state index contributed by atoms with van der Waals surface area (Å²) in [6.45, 7) is 2.70. The Balaban J connectivity index is 3.38. The van der Waals surface area contributed by atoms with Crippen LogP contribution in [0.15, 0.2) is 11.0 Å². The predicted molar refractivity (Wildman–Crippen MR) is 36.4 cm³/mol. The van der Waals surface area contributed by atoms with E-state index in [1.54, 1.807) is 5.41 Å². The first-order chi connectivity index (χ1) is 3.35. The first kappa shape index (κ1) is 7.05. The van der Waals surface area contributed by atoms with Crippen molar-refractivity contribution >= 4 is 12.6 Å². The second-order valence-corrected chi connectivity index (χ2v) is 1.60. The normalized spacial score (nSPS) is 12.1. The van der Waals surface area contributed by atoms with Gasteiger partial charge in [-0.15, -0.1) is 0 Å². The summed E-state index contributed by atoms with van der Waals surface area (Å²) in [7, 11) is 0. The molecule has 7 heavy (non-hydrogen) atoms. The number of hydrogen-bond acceptors (Lipinski definition) is 2. The Hall–Kier alpha value is 0.0500. The lowest BCUT2D eigenvalue weighted by Crippen LogP contribution is -2.00. The Morgan fingerprint density at radius 2 is 2.43 bits per heavy atom. The standard InChI is InChI=1S/C5H11NS/c1-2-5(3-6)4-7/h4,7H,2-3,6H2,1H3/b5-4+. The predicted octanol–water partition coefficient (Wildman–Crippen LogP) is 1.17. The Morgan fingerprint density at radius 1 is 1.86 bits per heavy atom. The molecule has 0 aromatic carbocycles. The van der Waals surface area contributed by atoms with Gasteiger partial charge in [-0.25, -0.2) is 0 Å². The van der Waals surface area contributed by atoms with Crippen molar-refractivity contribution in [3.8, 4) is 0 Å². The van der Waals surface area contributed by atoms with E-state index in [1.165, 1.54) is 5.57 Å². The van der Waals surface area contributed by atoms with E-state index in [1.807, 2.05) is 0 Å². The number of hydrogen-bond donors (Lipinski definition) is 2. The Morgan fingerprint density at radius 3 is 2.43 bits per heavy atom. The summed E-state index contributed by atoms with van der Waals surface area (Å²) in [5.41, 5.74) is 6.47. The molecule has 0 saturated carbocycles. The zero-order valence-electron chi connectivity index (χ0n) is 4.52. The topological polar surface area (TPSA) is 26.0 Å². The Kier molecular flexibility index (Phi) is 4.25. The summed E-state index contributed by atoms with van der Waals surface area (Å²) in [5, 5.41) is 1.76. The van der Waals surface area contributed by atoms with Crippen LogP contribution in [0.3, 0.4) is 0 Å². The van der Waals surface area contributed by atoms with Crippen molar-refractivity contribution in [3.63, 3.8) is 0 Å². The molecule has 0 amide bonds. The molecule has 0 spiro atoms. The van der Waals surface area contributed by atoms with Gasteiger partial charge in [-0.2, -0.15) is 12.6 Å². The fourth-order valence-electron chi connectivity index (χ4n) is 0.288. The van der Waals surface area contributed by atoms with Crippen molar-refractivity contribution in [2.75, 3.05) is 6.54 Å². The fourth-order valence-corrected chi connectivity index (χ4v) is 0.576. The fraction of sp³-hybridized carbons (Fsp3) is 0.600. The minimum atomic E-state index is 0.639. The molecule has 0 aliphatic carbocycles. The summed E-state index contributed by atoms with van der Waals surface area (Å²) >= 11 is 3.93. The number of rotatable bonds is 2. The molecule has 0 aromatic heterocycles. The quantitative estimate of drug-likeness (QED) is 0.522. The van der Waals surface area contributed by atoms with E-state index in [-0.39, 0.29) is 0 Å². The largest absolute Gasteiger partial charge is 0.327 e. The summed E-state index contributed by atoms with van der Waals surface area (Å²) in [5.74, 6) is 0. The molecule has 0 bridgehead atoms. The summed E-state index contributed by atoms with van der Waals surface area (Å²) in [6, 6.07) is 0. The molecule has 0 aliphatic rings. The van der Waals surface area contributed by atoms with E-state index in [9.17, 15) is 0 Å². The second-order valence-electron chi connectivity index (χ2n) is 1.35. The van der Waals surface area contributed by atoms with Gasteiger partial charge in [-0.1, -0.05) is 12.5 Å². The summed E-state index contributed by atoms with van der Waals surface area (Å²) in [6.07, 6.45) is 1.01. The highest BCUT2D eigenvalue weighted by Gasteiger charge is 1.82. The van der Waals surface area contributed by atoms with E-state index in [4.69, 9.17) is 5.73 Å². The van der Waals surface area contributed by atoms with Gasteiger partial charge in [0.25, 0.3) is 0 Å². The number of thiol groups is 1. The molecular weight excluding hydrogens is 106 g/mol. The molecule has 0 aliphatic heterocycles. The minimum absolute atomic E-state index is 0.639. The molecule has 0 fully saturated rings. The molecule has 0 atom stereocenters. The zero-order valence-corrected chi connectivity index (χ0v) is 5.41. The van der Waals surface area contributed by atoms with Crippen LogP contribution in [0.25, 0.3) is 0 Å². The first-order valence-electron chi connectivity index (χ1n) is 2.37. The molecule has 1 nitrogen and oxygen atoms in total. The maximum absolute atomic E-state index is 5.28. The molecular formula is C5H11NS. The van der Waals surface area contributed by atoms with E-state index in [2.05, 4.69) is 19.6 Å². The van der Waals surface area contributed by atoms with Crippen molar-refractivity contribution in [3.05, 3.63) is 11.0 Å². The maximum Gasteiger partial charge on any atom is 0.0144 e. The van der Waals surface area contributed by atoms with Crippen molar-refractivity contribution < 1.29 is 0 Å². The molecule has 42 valence electrons. The van der Waals surface area contributed by atoms with E-state index in [0.29, 0.717) is 6.54 Å². The van der Waals surface area contributed by atoms with Gasteiger partial charge >= 0.3 is 0 Å². The monoisotopic (exact) mass is 117 g/mol. The third-order valence-corrected chi connectivity index (χ3v) is 1.26. The van der Waals surface area contributed by atoms with Crippen LogP contribution in [0.1, 0.15) is 13.3 Å². The third-order valence-electron chi connectivity index (χ3n) is 0.899. The molecule has 0 aromatic rings. The van der Waals surface area contributed by atoms with Crippen molar-refractivity contribution in [2.45, 2.75) is 13.3 Å². The molecule has 0 rings (SSSR count). The van der Waals surface area contributed by atoms with Gasteiger partial charge in [0.1, 0.15) is 0 Å². The molecule has 0 unspecified atom stereocenters. The Bertz CT molecular complexity index is 62.5. The van der Waals surface area contributed by atoms with E-state index in [0.717, 1.165) is 6.42 Å². The highest BCUT2D eigenvalue weighted by molar-refractivity contribution is 7.83. The van der Waals surface area contributed by atoms with Gasteiger partial charge in [-0.3, -0.25) is 0 Å². The van der Waals surface area contributed by atoms with Crippen molar-refractivity contribution in [1.29, 1.82) is 0 Å². The molecule has 0 radical (unpaired) electrons. The lowest BCUT2D eigenvalue weighted by molar-refractivity contribution is 1.01. The van der Waals surface area contributed by atoms with Crippen LogP contribution >= 0.6 is 12.6 Å². The van der Waals surface area contributed by atoms with Crippen LogP contribution in [0.2, 0.25) is 0 Å². The highest BCUT2D eigenvalue weighted by atomic mass is 32.1. The van der Waals surface area contributed by atoms with Crippen LogP contribution in [-0.2, 0) is 0 Å². The van der Waals surface area contributed by atoms with Crippen LogP contribution < -0.4 is 5.73 Å². The highest BCUT2D eigenvalue weighted by Crippen LogP contribution is 1.97. The lowest BCUT2D eigenvalue weighted by atomic mass is 10.2. The van der Waals surface area contributed by atoms with E-state index >= 15 is 0 Å². The smallest absolute Gasteiger partial charge is 0.0144 e. The average molecular weight is 117 g/mol. The minimum Gasteiger partial charge on any atom is -0.327 e. The molecule has 0 saturated heterocycles. The van der Waals surface area contributed by atoms with Crippen LogP contribution in [0.4, 0.5) is 0 Å². The maximum atomic E-state index is 5.28. The molecule has 0 heterocycles. The van der Waals surface area contributed by atoms with Gasteiger partial charge < -0.3 is 5.73 Å². The summed E-state index contributed by atoms with van der Waals surface area (Å²) in [4.78, 5) is 0. The van der Waals surface area contributed by atoms with Gasteiger partial charge in [0, 0.05) is 6.54 Å². The van der Waals surface area contributed by atoms with Gasteiger partial charge in [0.05, 0.1) is 0 Å². The molecule has 2 N–H and O–H groups in total. The van der Waals surface area contributed by atoms with Gasteiger partial charge in [0.15, 0.2) is 0 Å². The van der Waals surface area contributed by atoms with E-state index < -0.39 is 0 Å². The second kappa shape index (κ2) is 4.22. The van der Waals surface area contributed by atoms with Crippen molar-refractivity contribution in [2.24, 2.45) is 5.73 Å². The average Bonchev–Trinajstić information content (AvgIpc) is 1.72. The zero-order chi connectivity index (χ0) is 5.70. The van der Waals surface area contributed by atoms with Crippen LogP contribution in [0.5, 0.6) is 0 Å². The van der Waals surface area contributed by atoms with Gasteiger partial charge in [-0.05, 0) is 11.8 Å². The first-order valence-corrected chi connectivity index (χ1v) is 2.89. The summed E-state index contributed by atoms with van der Waals surface area (Å²) < 4.78 is 0. The van der Waals surface area contributed by atoms with Crippen LogP contribution in [0, 0.1) is 0 Å². The van der Waals surface area contributed by atoms with Gasteiger partial charge in [0.2, 0.25) is 0 Å². The lowest BCUT2D eigenvalue weighted by Gasteiger charge is -1.92. The SMILES string of the molecule is CC/C(=C\S)CN. The Labute approximate surface area is 50.0 Å². The van der Waals surface area contributed by atoms with Crippen molar-refractivity contribution in [1.82, 2.24) is 0 Å². The third kappa shape index (κ3) is 2.71. The molecule has 2 heteroatoms.